The highest BCUT2D eigenvalue weighted by Crippen LogP contribution is 2.36. The van der Waals surface area contributed by atoms with Gasteiger partial charge in [-0.15, -0.1) is 0 Å². The molecule has 1 amide bonds. The molecule has 0 bridgehead atoms. The normalized spacial score (nSPS) is 17.0. The number of fused-ring (bicyclic) bond motifs is 1. The van der Waals surface area contributed by atoms with E-state index in [-0.39, 0.29) is 11.9 Å². The Bertz CT molecular complexity index is 733. The lowest BCUT2D eigenvalue weighted by Crippen LogP contribution is -2.35. The van der Waals surface area contributed by atoms with E-state index in [4.69, 9.17) is 0 Å². The van der Waals surface area contributed by atoms with Crippen LogP contribution in [0.4, 0.5) is 11.4 Å². The molecule has 3 rings (SSSR count). The van der Waals surface area contributed by atoms with Gasteiger partial charge >= 0.3 is 0 Å². The van der Waals surface area contributed by atoms with Crippen LogP contribution in [0.15, 0.2) is 48.5 Å². The van der Waals surface area contributed by atoms with Gasteiger partial charge in [0.2, 0.25) is 5.91 Å². The molecule has 2 aromatic rings. The molecule has 0 radical (unpaired) electrons. The van der Waals surface area contributed by atoms with E-state index in [0.29, 0.717) is 12.0 Å². The number of carbonyl (C=O) groups excluding carboxylic acids is 1. The van der Waals surface area contributed by atoms with Gasteiger partial charge < -0.3 is 10.2 Å². The quantitative estimate of drug-likeness (QED) is 0.917. The molecule has 21 heavy (non-hydrogen) atoms. The number of benzene rings is 2. The first kappa shape index (κ1) is 13.2. The van der Waals surface area contributed by atoms with E-state index in [1.54, 1.807) is 18.0 Å². The van der Waals surface area contributed by atoms with Crippen LogP contribution in [0.3, 0.4) is 0 Å². The predicted molar refractivity (Wildman–Crippen MR) is 82.0 cm³/mol. The van der Waals surface area contributed by atoms with Gasteiger partial charge in [0.25, 0.3) is 0 Å². The summed E-state index contributed by atoms with van der Waals surface area (Å²) in [5, 5.41) is 12.5. The van der Waals surface area contributed by atoms with E-state index in [9.17, 15) is 10.1 Å². The first-order valence-electron chi connectivity index (χ1n) is 6.82. The molecule has 4 heteroatoms. The molecule has 0 saturated heterocycles. The highest BCUT2D eigenvalue weighted by atomic mass is 16.2. The van der Waals surface area contributed by atoms with Crippen molar-refractivity contribution in [2.45, 2.75) is 12.5 Å². The number of amides is 1. The van der Waals surface area contributed by atoms with Gasteiger partial charge in [-0.25, -0.2) is 0 Å². The van der Waals surface area contributed by atoms with Crippen LogP contribution in [0, 0.1) is 11.3 Å². The van der Waals surface area contributed by atoms with Crippen molar-refractivity contribution in [2.24, 2.45) is 0 Å². The molecule has 1 N–H and O–H groups in total. The Kier molecular flexibility index (Phi) is 3.33. The first-order chi connectivity index (χ1) is 10.2. The summed E-state index contributed by atoms with van der Waals surface area (Å²) in [5.41, 5.74) is 3.34. The van der Waals surface area contributed by atoms with Crippen molar-refractivity contribution in [2.75, 3.05) is 17.3 Å². The number of para-hydroxylation sites is 2. The van der Waals surface area contributed by atoms with Crippen molar-refractivity contribution in [3.8, 4) is 6.07 Å². The van der Waals surface area contributed by atoms with Crippen LogP contribution < -0.4 is 10.2 Å². The first-order valence-corrected chi connectivity index (χ1v) is 6.82. The second-order valence-corrected chi connectivity index (χ2v) is 5.07. The minimum absolute atomic E-state index is 0.0700. The van der Waals surface area contributed by atoms with Gasteiger partial charge in [0.05, 0.1) is 23.7 Å². The molecular weight excluding hydrogens is 262 g/mol. The molecule has 104 valence electrons. The summed E-state index contributed by atoms with van der Waals surface area (Å²) in [6.45, 7) is 0. The summed E-state index contributed by atoms with van der Waals surface area (Å²) in [6.07, 6.45) is 0.382. The fourth-order valence-electron chi connectivity index (χ4n) is 2.67. The second kappa shape index (κ2) is 5.29. The molecule has 0 spiro atoms. The molecule has 2 aromatic carbocycles. The van der Waals surface area contributed by atoms with Crippen LogP contribution in [0.1, 0.15) is 23.6 Å². The Morgan fingerprint density at radius 1 is 1.19 bits per heavy atom. The lowest BCUT2D eigenvalue weighted by Gasteiger charge is -2.32. The average molecular weight is 277 g/mol. The van der Waals surface area contributed by atoms with Gasteiger partial charge in [-0.05, 0) is 23.8 Å². The minimum atomic E-state index is -0.112. The number of hydrogen-bond donors (Lipinski definition) is 1. The molecule has 1 aliphatic rings. The van der Waals surface area contributed by atoms with E-state index in [1.165, 1.54) is 0 Å². The van der Waals surface area contributed by atoms with E-state index in [2.05, 4.69) is 11.4 Å². The lowest BCUT2D eigenvalue weighted by molar-refractivity contribution is -0.118. The zero-order valence-corrected chi connectivity index (χ0v) is 11.7. The molecular formula is C17H15N3O. The zero-order chi connectivity index (χ0) is 14.8. The fourth-order valence-corrected chi connectivity index (χ4v) is 2.67. The Hall–Kier alpha value is -2.80. The third-order valence-electron chi connectivity index (χ3n) is 3.80. The van der Waals surface area contributed by atoms with Gasteiger partial charge in [-0.2, -0.15) is 5.26 Å². The minimum Gasteiger partial charge on any atom is -0.377 e. The van der Waals surface area contributed by atoms with E-state index in [0.717, 1.165) is 16.9 Å². The van der Waals surface area contributed by atoms with Gasteiger partial charge in [-0.1, -0.05) is 30.3 Å². The third-order valence-corrected chi connectivity index (χ3v) is 3.80. The summed E-state index contributed by atoms with van der Waals surface area (Å²) in [6, 6.07) is 17.3. The third kappa shape index (κ3) is 2.34. The maximum atomic E-state index is 12.1. The van der Waals surface area contributed by atoms with E-state index < -0.39 is 0 Å². The predicted octanol–water partition coefficient (Wildman–Crippen LogP) is 3.08. The second-order valence-electron chi connectivity index (χ2n) is 5.07. The van der Waals surface area contributed by atoms with Gasteiger partial charge in [0, 0.05) is 12.7 Å². The topological polar surface area (TPSA) is 56.1 Å². The summed E-state index contributed by atoms with van der Waals surface area (Å²) in [7, 11) is 1.79. The molecule has 4 nitrogen and oxygen atoms in total. The molecule has 1 aliphatic heterocycles. The maximum Gasteiger partial charge on any atom is 0.229 e. The van der Waals surface area contributed by atoms with Crippen LogP contribution in [0.25, 0.3) is 0 Å². The van der Waals surface area contributed by atoms with Gasteiger partial charge in [-0.3, -0.25) is 4.79 Å². The van der Waals surface area contributed by atoms with Crippen LogP contribution in [-0.2, 0) is 4.79 Å². The molecule has 0 aromatic heterocycles. The van der Waals surface area contributed by atoms with Crippen LogP contribution in [0.5, 0.6) is 0 Å². The molecule has 1 atom stereocenters. The van der Waals surface area contributed by atoms with Gasteiger partial charge in [0.1, 0.15) is 6.07 Å². The molecule has 1 unspecified atom stereocenters. The lowest BCUT2D eigenvalue weighted by atomic mass is 9.95. The van der Waals surface area contributed by atoms with Crippen LogP contribution in [-0.4, -0.2) is 13.0 Å². The Morgan fingerprint density at radius 2 is 1.90 bits per heavy atom. The summed E-state index contributed by atoms with van der Waals surface area (Å²) < 4.78 is 0. The van der Waals surface area contributed by atoms with Crippen LogP contribution in [0.2, 0.25) is 0 Å². The Balaban J connectivity index is 1.98. The number of hydrogen-bond acceptors (Lipinski definition) is 3. The van der Waals surface area contributed by atoms with Crippen molar-refractivity contribution < 1.29 is 4.79 Å². The number of nitrogens with one attached hydrogen (secondary N) is 1. The van der Waals surface area contributed by atoms with Crippen molar-refractivity contribution in [1.82, 2.24) is 0 Å². The van der Waals surface area contributed by atoms with Gasteiger partial charge in [0.15, 0.2) is 0 Å². The molecule has 0 aliphatic carbocycles. The van der Waals surface area contributed by atoms with Crippen molar-refractivity contribution in [3.63, 3.8) is 0 Å². The Labute approximate surface area is 123 Å². The summed E-state index contributed by atoms with van der Waals surface area (Å²) in [5.74, 6) is 0.0700. The molecule has 0 fully saturated rings. The maximum absolute atomic E-state index is 12.1. The van der Waals surface area contributed by atoms with Crippen LogP contribution >= 0.6 is 0 Å². The summed E-state index contributed by atoms with van der Waals surface area (Å²) >= 11 is 0. The van der Waals surface area contributed by atoms with Crippen molar-refractivity contribution in [3.05, 3.63) is 59.7 Å². The van der Waals surface area contributed by atoms with E-state index in [1.807, 2.05) is 42.5 Å². The zero-order valence-electron chi connectivity index (χ0n) is 11.7. The monoisotopic (exact) mass is 277 g/mol. The fraction of sp³-hybridized carbons (Fsp3) is 0.176. The van der Waals surface area contributed by atoms with E-state index >= 15 is 0 Å². The average Bonchev–Trinajstić information content (AvgIpc) is 2.53. The number of anilines is 2. The SMILES string of the molecule is CN1C(=O)CC(Nc2ccccc2C#N)c2ccccc21. The molecule has 0 saturated carbocycles. The summed E-state index contributed by atoms with van der Waals surface area (Å²) in [4.78, 5) is 13.8. The number of nitriles is 1. The number of carbonyl (C=O) groups is 1. The highest BCUT2D eigenvalue weighted by molar-refractivity contribution is 5.97. The largest absolute Gasteiger partial charge is 0.377 e. The standard InChI is InChI=1S/C17H15N3O/c1-20-16-9-5-3-7-13(16)15(10-17(20)21)19-14-8-4-2-6-12(14)11-18/h2-9,15,19H,10H2,1H3. The highest BCUT2D eigenvalue weighted by Gasteiger charge is 2.29. The number of nitrogens with zero attached hydrogens (tertiary/aromatic N) is 2. The smallest absolute Gasteiger partial charge is 0.229 e. The Morgan fingerprint density at radius 3 is 2.71 bits per heavy atom. The molecule has 1 heterocycles. The number of rotatable bonds is 2. The van der Waals surface area contributed by atoms with Crippen molar-refractivity contribution in [1.29, 1.82) is 5.26 Å². The van der Waals surface area contributed by atoms with Crippen molar-refractivity contribution >= 4 is 17.3 Å².